The first-order valence-electron chi connectivity index (χ1n) is 5.37. The molecule has 5 heteroatoms. The Hall–Kier alpha value is -0.130. The number of nitrogens with two attached hydrogens (primary N) is 1. The maximum atomic E-state index is 11.3. The Morgan fingerprint density at radius 2 is 1.93 bits per heavy atom. The van der Waals surface area contributed by atoms with Gasteiger partial charge in [0.05, 0.1) is 12.4 Å². The van der Waals surface area contributed by atoms with Gasteiger partial charge in [-0.3, -0.25) is 0 Å². The van der Waals surface area contributed by atoms with Crippen LogP contribution < -0.4 is 5.73 Å². The third kappa shape index (κ3) is 6.12. The van der Waals surface area contributed by atoms with E-state index in [0.717, 1.165) is 6.42 Å². The third-order valence-electron chi connectivity index (χ3n) is 2.71. The second kappa shape index (κ2) is 6.45. The molecule has 0 radical (unpaired) electrons. The molecule has 0 rings (SSSR count). The molecule has 0 spiro atoms. The number of hydrogen-bond donors (Lipinski definition) is 1. The molecule has 4 nitrogen and oxygen atoms in total. The van der Waals surface area contributed by atoms with Crippen molar-refractivity contribution in [3.05, 3.63) is 0 Å². The zero-order valence-electron chi connectivity index (χ0n) is 9.95. The fraction of sp³-hybridized carbons (Fsp3) is 1.00. The molecule has 0 heterocycles. The van der Waals surface area contributed by atoms with Crippen molar-refractivity contribution in [2.24, 2.45) is 5.73 Å². The van der Waals surface area contributed by atoms with Crippen LogP contribution in [0.4, 0.5) is 0 Å². The highest BCUT2D eigenvalue weighted by Crippen LogP contribution is 2.15. The van der Waals surface area contributed by atoms with E-state index in [4.69, 9.17) is 10.5 Å². The summed E-state index contributed by atoms with van der Waals surface area (Å²) >= 11 is 0. The molecule has 2 N–H and O–H groups in total. The van der Waals surface area contributed by atoms with Crippen molar-refractivity contribution < 1.29 is 13.2 Å². The van der Waals surface area contributed by atoms with E-state index < -0.39 is 9.84 Å². The van der Waals surface area contributed by atoms with E-state index in [-0.39, 0.29) is 17.0 Å². The Labute approximate surface area is 93.1 Å². The van der Waals surface area contributed by atoms with Crippen LogP contribution in [0.3, 0.4) is 0 Å². The lowest BCUT2D eigenvalue weighted by molar-refractivity contribution is 0.124. The maximum Gasteiger partial charge on any atom is 0.150 e. The van der Waals surface area contributed by atoms with Gasteiger partial charge in [-0.2, -0.15) is 0 Å². The minimum Gasteiger partial charge on any atom is -0.383 e. The molecule has 0 aliphatic rings. The molecule has 0 aromatic carbocycles. The van der Waals surface area contributed by atoms with E-state index in [9.17, 15) is 8.42 Å². The van der Waals surface area contributed by atoms with Crippen molar-refractivity contribution in [1.29, 1.82) is 0 Å². The van der Waals surface area contributed by atoms with Gasteiger partial charge in [0.15, 0.2) is 0 Å². The molecular formula is C10H23NO3S. The van der Waals surface area contributed by atoms with Crippen molar-refractivity contribution in [2.45, 2.75) is 38.6 Å². The Morgan fingerprint density at radius 1 is 1.33 bits per heavy atom. The molecule has 0 fully saturated rings. The van der Waals surface area contributed by atoms with E-state index in [0.29, 0.717) is 19.4 Å². The summed E-state index contributed by atoms with van der Waals surface area (Å²) in [6, 6.07) is 0. The van der Waals surface area contributed by atoms with Crippen LogP contribution in [-0.2, 0) is 14.6 Å². The second-order valence-corrected chi connectivity index (χ2v) is 6.46. The predicted molar refractivity (Wildman–Crippen MR) is 62.6 cm³/mol. The normalized spacial score (nSPS) is 16.3. The van der Waals surface area contributed by atoms with Crippen LogP contribution in [0.15, 0.2) is 0 Å². The van der Waals surface area contributed by atoms with Crippen LogP contribution in [0, 0.1) is 0 Å². The summed E-state index contributed by atoms with van der Waals surface area (Å²) in [6.45, 7) is 4.14. The number of hydrogen-bond acceptors (Lipinski definition) is 4. The highest BCUT2D eigenvalue weighted by Gasteiger charge is 2.22. The lowest BCUT2D eigenvalue weighted by Gasteiger charge is -2.27. The smallest absolute Gasteiger partial charge is 0.150 e. The molecule has 0 saturated carbocycles. The Bertz CT molecular complexity index is 264. The van der Waals surface area contributed by atoms with Gasteiger partial charge >= 0.3 is 0 Å². The molecule has 0 saturated heterocycles. The summed E-state index contributed by atoms with van der Waals surface area (Å²) in [4.78, 5) is 0. The number of sulfone groups is 1. The zero-order valence-corrected chi connectivity index (χ0v) is 10.8. The van der Waals surface area contributed by atoms with Crippen LogP contribution in [0.1, 0.15) is 33.1 Å². The van der Waals surface area contributed by atoms with E-state index in [1.165, 1.54) is 0 Å². The molecule has 0 amide bonds. The largest absolute Gasteiger partial charge is 0.383 e. The molecule has 0 aliphatic heterocycles. The second-order valence-electron chi connectivity index (χ2n) is 3.99. The van der Waals surface area contributed by atoms with Gasteiger partial charge in [0, 0.05) is 18.4 Å². The van der Waals surface area contributed by atoms with Crippen LogP contribution in [0.5, 0.6) is 0 Å². The molecule has 1 atom stereocenters. The highest BCUT2D eigenvalue weighted by molar-refractivity contribution is 7.91. The number of rotatable bonds is 8. The molecular weight excluding hydrogens is 214 g/mol. The van der Waals surface area contributed by atoms with Gasteiger partial charge in [0.2, 0.25) is 0 Å². The monoisotopic (exact) mass is 237 g/mol. The predicted octanol–water partition coefficient (Wildman–Crippen LogP) is 0.955. The van der Waals surface area contributed by atoms with Crippen molar-refractivity contribution >= 4 is 9.84 Å². The quantitative estimate of drug-likeness (QED) is 0.682. The van der Waals surface area contributed by atoms with Gasteiger partial charge in [-0.05, 0) is 19.3 Å². The number of ether oxygens (including phenoxy) is 1. The summed E-state index contributed by atoms with van der Waals surface area (Å²) in [5.41, 5.74) is 5.68. The third-order valence-corrected chi connectivity index (χ3v) is 4.50. The van der Waals surface area contributed by atoms with Gasteiger partial charge < -0.3 is 10.5 Å². The summed E-state index contributed by atoms with van der Waals surface area (Å²) in [7, 11) is -1.25. The SMILES string of the molecule is CCC(N)(CCCS(=O)(=O)CC)COC. The van der Waals surface area contributed by atoms with Gasteiger partial charge in [-0.25, -0.2) is 8.42 Å². The zero-order chi connectivity index (χ0) is 11.9. The summed E-state index contributed by atoms with van der Waals surface area (Å²) in [6.07, 6.45) is 2.10. The fourth-order valence-corrected chi connectivity index (χ4v) is 2.30. The molecule has 92 valence electrons. The van der Waals surface area contributed by atoms with Crippen LogP contribution in [0.2, 0.25) is 0 Å². The molecule has 0 aromatic heterocycles. The minimum absolute atomic E-state index is 0.209. The Morgan fingerprint density at radius 3 is 2.33 bits per heavy atom. The lowest BCUT2D eigenvalue weighted by Crippen LogP contribution is -2.43. The molecule has 0 aromatic rings. The highest BCUT2D eigenvalue weighted by atomic mass is 32.2. The summed E-state index contributed by atoms with van der Waals surface area (Å²) < 4.78 is 27.6. The molecule has 0 aliphatic carbocycles. The average molecular weight is 237 g/mol. The summed E-state index contributed by atoms with van der Waals surface area (Å²) in [5.74, 6) is 0.438. The topological polar surface area (TPSA) is 69.4 Å². The number of methoxy groups -OCH3 is 1. The van der Waals surface area contributed by atoms with E-state index in [2.05, 4.69) is 0 Å². The lowest BCUT2D eigenvalue weighted by atomic mass is 9.93. The maximum absolute atomic E-state index is 11.3. The average Bonchev–Trinajstić information content (AvgIpc) is 2.18. The minimum atomic E-state index is -2.86. The van der Waals surface area contributed by atoms with Gasteiger partial charge in [0.1, 0.15) is 9.84 Å². The van der Waals surface area contributed by atoms with Crippen LogP contribution in [-0.4, -0.2) is 39.2 Å². The molecule has 15 heavy (non-hydrogen) atoms. The van der Waals surface area contributed by atoms with Gasteiger partial charge in [0.25, 0.3) is 0 Å². The first-order chi connectivity index (χ1) is 6.89. The van der Waals surface area contributed by atoms with Crippen molar-refractivity contribution in [1.82, 2.24) is 0 Å². The van der Waals surface area contributed by atoms with Crippen molar-refractivity contribution in [2.75, 3.05) is 25.2 Å². The van der Waals surface area contributed by atoms with E-state index >= 15 is 0 Å². The van der Waals surface area contributed by atoms with Crippen molar-refractivity contribution in [3.63, 3.8) is 0 Å². The van der Waals surface area contributed by atoms with Gasteiger partial charge in [-0.15, -0.1) is 0 Å². The van der Waals surface area contributed by atoms with E-state index in [1.807, 2.05) is 6.92 Å². The van der Waals surface area contributed by atoms with E-state index in [1.54, 1.807) is 14.0 Å². The van der Waals surface area contributed by atoms with Gasteiger partial charge in [-0.1, -0.05) is 13.8 Å². The first-order valence-corrected chi connectivity index (χ1v) is 7.19. The molecule has 1 unspecified atom stereocenters. The summed E-state index contributed by atoms with van der Waals surface area (Å²) in [5, 5.41) is 0. The Balaban J connectivity index is 4.03. The van der Waals surface area contributed by atoms with Crippen LogP contribution in [0.25, 0.3) is 0 Å². The Kier molecular flexibility index (Phi) is 6.40. The van der Waals surface area contributed by atoms with Crippen LogP contribution >= 0.6 is 0 Å². The van der Waals surface area contributed by atoms with Crippen molar-refractivity contribution in [3.8, 4) is 0 Å². The standard InChI is InChI=1S/C10H23NO3S/c1-4-10(11,9-14-3)7-6-8-15(12,13)5-2/h4-9,11H2,1-3H3. The first kappa shape index (κ1) is 14.9. The fourth-order valence-electron chi connectivity index (χ4n) is 1.43. The molecule has 0 bridgehead atoms.